The average molecular weight is 366 g/mol. The first kappa shape index (κ1) is 15.9. The molecule has 0 N–H and O–H groups in total. The molecule has 2 heteroatoms. The van der Waals surface area contributed by atoms with Crippen LogP contribution in [0.2, 0.25) is 0 Å². The maximum Gasteiger partial charge on any atom is 0.0708 e. The number of aromatic nitrogens is 1. The molecule has 3 aromatic rings. The van der Waals surface area contributed by atoms with Crippen LogP contribution in [0.4, 0.5) is 0 Å². The number of benzene rings is 2. The monoisotopic (exact) mass is 365 g/mol. The van der Waals surface area contributed by atoms with E-state index < -0.39 is 0 Å². The minimum atomic E-state index is 0.107. The number of pyridine rings is 1. The summed E-state index contributed by atoms with van der Waals surface area (Å²) in [6.45, 7) is 6.69. The van der Waals surface area contributed by atoms with Gasteiger partial charge in [-0.25, -0.2) is 0 Å². The lowest BCUT2D eigenvalue weighted by Crippen LogP contribution is -2.11. The molecule has 0 atom stereocenters. The second-order valence-electron chi connectivity index (χ2n) is 6.77. The maximum absolute atomic E-state index is 4.58. The van der Waals surface area contributed by atoms with Crippen molar-refractivity contribution >= 4 is 15.9 Å². The van der Waals surface area contributed by atoms with E-state index in [-0.39, 0.29) is 5.41 Å². The molecule has 1 nitrogen and oxygen atoms in total. The Morgan fingerprint density at radius 1 is 0.783 bits per heavy atom. The van der Waals surface area contributed by atoms with Gasteiger partial charge in [0.2, 0.25) is 0 Å². The standard InChI is InChI=1S/C21H20BrN/c1-21(2,3)18-11-17(12-19(22)14-18)20-13-16(9-10-23-20)15-7-5-4-6-8-15/h4-14H,1-3H3. The van der Waals surface area contributed by atoms with Gasteiger partial charge in [-0.1, -0.05) is 67.0 Å². The lowest BCUT2D eigenvalue weighted by molar-refractivity contribution is 0.590. The first-order valence-electron chi connectivity index (χ1n) is 7.76. The summed E-state index contributed by atoms with van der Waals surface area (Å²) in [6.07, 6.45) is 1.88. The molecule has 23 heavy (non-hydrogen) atoms. The van der Waals surface area contributed by atoms with Crippen LogP contribution in [0, 0.1) is 0 Å². The van der Waals surface area contributed by atoms with Gasteiger partial charge in [-0.3, -0.25) is 4.98 Å². The van der Waals surface area contributed by atoms with Crippen LogP contribution in [-0.2, 0) is 5.41 Å². The third-order valence-electron chi connectivity index (χ3n) is 3.93. The summed E-state index contributed by atoms with van der Waals surface area (Å²) >= 11 is 3.64. The zero-order valence-electron chi connectivity index (χ0n) is 13.7. The molecule has 1 heterocycles. The van der Waals surface area contributed by atoms with Gasteiger partial charge in [-0.2, -0.15) is 0 Å². The molecular formula is C21H20BrN. The largest absolute Gasteiger partial charge is 0.256 e. The quantitative estimate of drug-likeness (QED) is 0.506. The number of nitrogens with zero attached hydrogens (tertiary/aromatic N) is 1. The van der Waals surface area contributed by atoms with Gasteiger partial charge in [0.05, 0.1) is 5.69 Å². The van der Waals surface area contributed by atoms with Crippen LogP contribution in [-0.4, -0.2) is 4.98 Å². The fraction of sp³-hybridized carbons (Fsp3) is 0.190. The SMILES string of the molecule is CC(C)(C)c1cc(Br)cc(-c2cc(-c3ccccc3)ccn2)c1. The fourth-order valence-electron chi connectivity index (χ4n) is 2.57. The van der Waals surface area contributed by atoms with Crippen molar-refractivity contribution < 1.29 is 0 Å². The lowest BCUT2D eigenvalue weighted by Gasteiger charge is -2.20. The Balaban J connectivity index is 2.08. The Morgan fingerprint density at radius 2 is 1.52 bits per heavy atom. The molecule has 3 rings (SSSR count). The van der Waals surface area contributed by atoms with E-state index in [0.29, 0.717) is 0 Å². The minimum absolute atomic E-state index is 0.107. The zero-order chi connectivity index (χ0) is 16.4. The van der Waals surface area contributed by atoms with Gasteiger partial charge in [-0.15, -0.1) is 0 Å². The highest BCUT2D eigenvalue weighted by molar-refractivity contribution is 9.10. The van der Waals surface area contributed by atoms with Crippen LogP contribution < -0.4 is 0 Å². The highest BCUT2D eigenvalue weighted by atomic mass is 79.9. The van der Waals surface area contributed by atoms with E-state index in [1.165, 1.54) is 16.7 Å². The predicted molar refractivity (Wildman–Crippen MR) is 102 cm³/mol. The Morgan fingerprint density at radius 3 is 2.22 bits per heavy atom. The Bertz CT molecular complexity index is 817. The maximum atomic E-state index is 4.58. The third-order valence-corrected chi connectivity index (χ3v) is 4.38. The second-order valence-corrected chi connectivity index (χ2v) is 7.69. The fourth-order valence-corrected chi connectivity index (χ4v) is 3.06. The smallest absolute Gasteiger partial charge is 0.0708 e. The van der Waals surface area contributed by atoms with Crippen LogP contribution in [0.1, 0.15) is 26.3 Å². The number of halogens is 1. The number of rotatable bonds is 2. The van der Waals surface area contributed by atoms with Crippen LogP contribution >= 0.6 is 15.9 Å². The highest BCUT2D eigenvalue weighted by Gasteiger charge is 2.16. The van der Waals surface area contributed by atoms with Crippen molar-refractivity contribution in [3.05, 3.63) is 76.9 Å². The van der Waals surface area contributed by atoms with Gasteiger partial charge < -0.3 is 0 Å². The van der Waals surface area contributed by atoms with Gasteiger partial charge >= 0.3 is 0 Å². The van der Waals surface area contributed by atoms with Crippen LogP contribution in [0.3, 0.4) is 0 Å². The van der Waals surface area contributed by atoms with Crippen molar-refractivity contribution in [2.75, 3.05) is 0 Å². The summed E-state index contributed by atoms with van der Waals surface area (Å²) in [4.78, 5) is 4.58. The summed E-state index contributed by atoms with van der Waals surface area (Å²) in [7, 11) is 0. The molecule has 0 fully saturated rings. The summed E-state index contributed by atoms with van der Waals surface area (Å²) in [5.74, 6) is 0. The van der Waals surface area contributed by atoms with Crippen LogP contribution in [0.15, 0.2) is 71.3 Å². The van der Waals surface area contributed by atoms with Crippen molar-refractivity contribution in [3.63, 3.8) is 0 Å². The van der Waals surface area contributed by atoms with Gasteiger partial charge in [0.15, 0.2) is 0 Å². The van der Waals surface area contributed by atoms with Crippen molar-refractivity contribution in [1.82, 2.24) is 4.98 Å². The molecule has 0 saturated carbocycles. The molecule has 1 aromatic heterocycles. The van der Waals surface area contributed by atoms with Crippen molar-refractivity contribution in [2.24, 2.45) is 0 Å². The number of hydrogen-bond donors (Lipinski definition) is 0. The molecule has 0 aliphatic carbocycles. The van der Waals surface area contributed by atoms with Crippen molar-refractivity contribution in [2.45, 2.75) is 26.2 Å². The number of hydrogen-bond acceptors (Lipinski definition) is 1. The van der Waals surface area contributed by atoms with E-state index in [1.807, 2.05) is 12.3 Å². The molecule has 0 unspecified atom stereocenters. The summed E-state index contributed by atoms with van der Waals surface area (Å²) < 4.78 is 1.09. The highest BCUT2D eigenvalue weighted by Crippen LogP contribution is 2.32. The predicted octanol–water partition coefficient (Wildman–Crippen LogP) is 6.48. The lowest BCUT2D eigenvalue weighted by atomic mass is 9.86. The molecule has 0 saturated heterocycles. The first-order valence-corrected chi connectivity index (χ1v) is 8.56. The van der Waals surface area contributed by atoms with E-state index in [0.717, 1.165) is 15.7 Å². The summed E-state index contributed by atoms with van der Waals surface area (Å²) in [5.41, 5.74) is 5.94. The van der Waals surface area contributed by atoms with Gasteiger partial charge in [-0.05, 0) is 52.4 Å². The molecule has 0 aliphatic rings. The Hall–Kier alpha value is -1.93. The molecule has 0 aliphatic heterocycles. The zero-order valence-corrected chi connectivity index (χ0v) is 15.3. The molecule has 2 aromatic carbocycles. The second kappa shape index (κ2) is 6.29. The minimum Gasteiger partial charge on any atom is -0.256 e. The van der Waals surface area contributed by atoms with Crippen LogP contribution in [0.5, 0.6) is 0 Å². The van der Waals surface area contributed by atoms with Crippen molar-refractivity contribution in [3.8, 4) is 22.4 Å². The molecule has 0 radical (unpaired) electrons. The summed E-state index contributed by atoms with van der Waals surface area (Å²) in [6, 6.07) is 21.2. The normalized spacial score (nSPS) is 11.5. The van der Waals surface area contributed by atoms with Crippen LogP contribution in [0.25, 0.3) is 22.4 Å². The summed E-state index contributed by atoms with van der Waals surface area (Å²) in [5, 5.41) is 0. The van der Waals surface area contributed by atoms with Gasteiger partial charge in [0, 0.05) is 16.2 Å². The van der Waals surface area contributed by atoms with E-state index in [4.69, 9.17) is 0 Å². The Labute approximate surface area is 146 Å². The van der Waals surface area contributed by atoms with E-state index in [9.17, 15) is 0 Å². The van der Waals surface area contributed by atoms with Crippen molar-refractivity contribution in [1.29, 1.82) is 0 Å². The first-order chi connectivity index (χ1) is 10.9. The Kier molecular flexibility index (Phi) is 4.36. The van der Waals surface area contributed by atoms with E-state index in [2.05, 4.69) is 96.3 Å². The topological polar surface area (TPSA) is 12.9 Å². The molecule has 0 spiro atoms. The molecular weight excluding hydrogens is 346 g/mol. The molecule has 116 valence electrons. The van der Waals surface area contributed by atoms with Gasteiger partial charge in [0.25, 0.3) is 0 Å². The van der Waals surface area contributed by atoms with E-state index in [1.54, 1.807) is 0 Å². The average Bonchev–Trinajstić information content (AvgIpc) is 2.54. The van der Waals surface area contributed by atoms with Gasteiger partial charge in [0.1, 0.15) is 0 Å². The van der Waals surface area contributed by atoms with E-state index >= 15 is 0 Å². The molecule has 0 amide bonds. The third kappa shape index (κ3) is 3.70. The molecule has 0 bridgehead atoms.